The molecular weight excluding hydrogens is 333 g/mol. The molecule has 0 bridgehead atoms. The van der Waals surface area contributed by atoms with Gasteiger partial charge in [-0.1, -0.05) is 23.2 Å². The zero-order valence-electron chi connectivity index (χ0n) is 11.4. The Morgan fingerprint density at radius 1 is 1.45 bits per heavy atom. The molecule has 0 amide bonds. The first-order valence-electron chi connectivity index (χ1n) is 6.41. The molecule has 2 heterocycles. The summed E-state index contributed by atoms with van der Waals surface area (Å²) in [6.45, 7) is 0.251. The highest BCUT2D eigenvalue weighted by atomic mass is 35.5. The van der Waals surface area contributed by atoms with Crippen LogP contribution in [-0.4, -0.2) is 29.2 Å². The summed E-state index contributed by atoms with van der Waals surface area (Å²) in [7, 11) is 1.26. The zero-order valence-corrected chi connectivity index (χ0v) is 12.9. The maximum Gasteiger partial charge on any atom is 0.317 e. The van der Waals surface area contributed by atoms with Crippen LogP contribution >= 0.6 is 23.2 Å². The number of nitrogens with one attached hydrogen (secondary N) is 2. The summed E-state index contributed by atoms with van der Waals surface area (Å²) in [5.74, 6) is -0.476. The molecule has 1 aromatic heterocycles. The number of carbonyl (C=O) groups is 1. The molecule has 1 unspecified atom stereocenters. The van der Waals surface area contributed by atoms with Crippen LogP contribution in [0.15, 0.2) is 15.7 Å². The molecule has 9 heteroatoms. The molecule has 0 fully saturated rings. The third-order valence-corrected chi connectivity index (χ3v) is 4.39. The fourth-order valence-corrected chi connectivity index (χ4v) is 3.02. The minimum Gasteiger partial charge on any atom is -0.469 e. The van der Waals surface area contributed by atoms with Crippen LogP contribution in [0.1, 0.15) is 12.5 Å². The van der Waals surface area contributed by atoms with Crippen LogP contribution in [0.4, 0.5) is 5.69 Å². The smallest absolute Gasteiger partial charge is 0.317 e. The third kappa shape index (κ3) is 2.17. The third-order valence-electron chi connectivity index (χ3n) is 3.60. The van der Waals surface area contributed by atoms with Crippen molar-refractivity contribution in [3.8, 4) is 0 Å². The number of aromatic amines is 1. The first kappa shape index (κ1) is 14.9. The monoisotopic (exact) mass is 343 g/mol. The van der Waals surface area contributed by atoms with Gasteiger partial charge in [-0.15, -0.1) is 0 Å². The molecular formula is C13H11Cl2N3O4. The average molecular weight is 344 g/mol. The number of benzene rings is 1. The van der Waals surface area contributed by atoms with E-state index in [0.29, 0.717) is 16.7 Å². The Kier molecular flexibility index (Phi) is 3.62. The molecule has 3 rings (SSSR count). The molecule has 0 aliphatic carbocycles. The first-order chi connectivity index (χ1) is 10.4. The Bertz CT molecular complexity index is 903. The number of carbonyl (C=O) groups excluding carboxylic acids is 1. The molecule has 0 saturated carbocycles. The van der Waals surface area contributed by atoms with Crippen molar-refractivity contribution >= 4 is 45.9 Å². The lowest BCUT2D eigenvalue weighted by Gasteiger charge is -2.28. The summed E-state index contributed by atoms with van der Waals surface area (Å²) < 4.78 is 5.91. The van der Waals surface area contributed by atoms with E-state index in [4.69, 9.17) is 23.2 Å². The largest absolute Gasteiger partial charge is 0.469 e. The Morgan fingerprint density at radius 2 is 2.18 bits per heavy atom. The van der Waals surface area contributed by atoms with E-state index in [1.165, 1.54) is 17.7 Å². The van der Waals surface area contributed by atoms with Gasteiger partial charge in [-0.05, 0) is 6.07 Å². The summed E-state index contributed by atoms with van der Waals surface area (Å²) in [5.41, 5.74) is -0.287. The summed E-state index contributed by atoms with van der Waals surface area (Å²) in [5, 5.41) is 3.57. The molecule has 0 saturated heterocycles. The van der Waals surface area contributed by atoms with Gasteiger partial charge in [0.25, 0.3) is 0 Å². The normalized spacial score (nSPS) is 16.4. The van der Waals surface area contributed by atoms with E-state index >= 15 is 0 Å². The lowest BCUT2D eigenvalue weighted by molar-refractivity contribution is -0.141. The lowest BCUT2D eigenvalue weighted by atomic mass is 10.1. The number of halogens is 2. The average Bonchev–Trinajstić information content (AvgIpc) is 2.50. The fraction of sp³-hybridized carbons (Fsp3) is 0.308. The van der Waals surface area contributed by atoms with Gasteiger partial charge in [-0.25, -0.2) is 0 Å². The molecule has 0 spiro atoms. The maximum atomic E-state index is 12.2. The van der Waals surface area contributed by atoms with E-state index in [0.717, 1.165) is 0 Å². The van der Waals surface area contributed by atoms with Gasteiger partial charge in [0, 0.05) is 6.54 Å². The Hall–Kier alpha value is -1.99. The SMILES string of the molecule is COC(=O)CC1CNc2c(Cl)c(Cl)cc3[nH]c(=O)c(=O)n1c23. The number of H-pyrrole nitrogens is 1. The first-order valence-corrected chi connectivity index (χ1v) is 7.17. The van der Waals surface area contributed by atoms with Gasteiger partial charge in [0.15, 0.2) is 0 Å². The maximum absolute atomic E-state index is 12.2. The number of rotatable bonds is 2. The molecule has 0 radical (unpaired) electrons. The molecule has 7 nitrogen and oxygen atoms in total. The van der Waals surface area contributed by atoms with Crippen molar-refractivity contribution in [2.75, 3.05) is 19.0 Å². The van der Waals surface area contributed by atoms with Crippen molar-refractivity contribution in [1.29, 1.82) is 0 Å². The van der Waals surface area contributed by atoms with Gasteiger partial charge in [-0.2, -0.15) is 0 Å². The summed E-state index contributed by atoms with van der Waals surface area (Å²) in [6, 6.07) is 0.928. The highest BCUT2D eigenvalue weighted by Crippen LogP contribution is 2.39. The minimum atomic E-state index is -0.784. The van der Waals surface area contributed by atoms with E-state index < -0.39 is 23.1 Å². The van der Waals surface area contributed by atoms with Crippen LogP contribution in [0.25, 0.3) is 11.0 Å². The highest BCUT2D eigenvalue weighted by molar-refractivity contribution is 6.45. The predicted octanol–water partition coefficient (Wildman–Crippen LogP) is 1.53. The van der Waals surface area contributed by atoms with E-state index in [1.54, 1.807) is 0 Å². The number of anilines is 1. The van der Waals surface area contributed by atoms with Gasteiger partial charge in [-0.3, -0.25) is 19.0 Å². The minimum absolute atomic E-state index is 0.0400. The number of esters is 1. The van der Waals surface area contributed by atoms with E-state index in [1.807, 2.05) is 0 Å². The van der Waals surface area contributed by atoms with E-state index in [2.05, 4.69) is 15.0 Å². The molecule has 1 aliphatic heterocycles. The van der Waals surface area contributed by atoms with Crippen LogP contribution in [0.3, 0.4) is 0 Å². The number of ether oxygens (including phenoxy) is 1. The molecule has 1 aromatic carbocycles. The Morgan fingerprint density at radius 3 is 2.86 bits per heavy atom. The second kappa shape index (κ2) is 5.33. The van der Waals surface area contributed by atoms with Crippen molar-refractivity contribution in [3.63, 3.8) is 0 Å². The second-order valence-corrected chi connectivity index (χ2v) is 5.67. The molecule has 1 atom stereocenters. The van der Waals surface area contributed by atoms with Gasteiger partial charge in [0.05, 0.1) is 46.3 Å². The number of nitrogens with zero attached hydrogens (tertiary/aromatic N) is 1. The van der Waals surface area contributed by atoms with Gasteiger partial charge >= 0.3 is 17.1 Å². The van der Waals surface area contributed by atoms with Crippen LogP contribution in [0, 0.1) is 0 Å². The van der Waals surface area contributed by atoms with Crippen molar-refractivity contribution < 1.29 is 9.53 Å². The summed E-state index contributed by atoms with van der Waals surface area (Å²) in [4.78, 5) is 38.1. The molecule has 22 heavy (non-hydrogen) atoms. The van der Waals surface area contributed by atoms with Crippen molar-refractivity contribution in [2.45, 2.75) is 12.5 Å². The summed E-state index contributed by atoms with van der Waals surface area (Å²) in [6.07, 6.45) is -0.0400. The van der Waals surface area contributed by atoms with Crippen LogP contribution < -0.4 is 16.4 Å². The number of methoxy groups -OCH3 is 1. The quantitative estimate of drug-likeness (QED) is 0.637. The lowest BCUT2D eigenvalue weighted by Crippen LogP contribution is -2.43. The highest BCUT2D eigenvalue weighted by Gasteiger charge is 2.28. The number of hydrogen-bond donors (Lipinski definition) is 2. The van der Waals surface area contributed by atoms with Crippen LogP contribution in [0.5, 0.6) is 0 Å². The van der Waals surface area contributed by atoms with E-state index in [-0.39, 0.29) is 23.0 Å². The Labute approximate surface area is 133 Å². The zero-order chi connectivity index (χ0) is 16.0. The Balaban J connectivity index is 2.35. The van der Waals surface area contributed by atoms with Gasteiger partial charge < -0.3 is 15.0 Å². The van der Waals surface area contributed by atoms with Crippen LogP contribution in [0.2, 0.25) is 10.0 Å². The number of hydrogen-bond acceptors (Lipinski definition) is 5. The van der Waals surface area contributed by atoms with Crippen molar-refractivity contribution in [3.05, 3.63) is 36.8 Å². The molecule has 116 valence electrons. The predicted molar refractivity (Wildman–Crippen MR) is 83.0 cm³/mol. The van der Waals surface area contributed by atoms with Gasteiger partial charge in [0.2, 0.25) is 0 Å². The van der Waals surface area contributed by atoms with Crippen molar-refractivity contribution in [2.24, 2.45) is 0 Å². The standard InChI is InChI=1S/C13H11Cl2N3O4/c1-22-8(19)2-5-4-16-10-9(15)6(14)3-7-11(10)18(5)13(21)12(20)17-7/h3,5,16H,2,4H2,1H3,(H,17,20). The summed E-state index contributed by atoms with van der Waals surface area (Å²) >= 11 is 12.2. The van der Waals surface area contributed by atoms with Crippen LogP contribution in [-0.2, 0) is 9.53 Å². The fourth-order valence-electron chi connectivity index (χ4n) is 2.61. The number of aromatic nitrogens is 2. The molecule has 2 aromatic rings. The van der Waals surface area contributed by atoms with Crippen molar-refractivity contribution in [1.82, 2.24) is 9.55 Å². The van der Waals surface area contributed by atoms with E-state index in [9.17, 15) is 14.4 Å². The van der Waals surface area contributed by atoms with Gasteiger partial charge in [0.1, 0.15) is 0 Å². The topological polar surface area (TPSA) is 93.2 Å². The molecule has 2 N–H and O–H groups in total. The molecule has 1 aliphatic rings. The second-order valence-electron chi connectivity index (χ2n) is 4.89.